The highest BCUT2D eigenvalue weighted by Crippen LogP contribution is 2.13. The molecular formula is C9H16Br2O2. The number of carbonyl (C=O) groups excluding carboxylic acids is 1. The number of hydrogen-bond acceptors (Lipinski definition) is 2. The summed E-state index contributed by atoms with van der Waals surface area (Å²) in [6, 6.07) is 0. The van der Waals surface area contributed by atoms with Crippen molar-refractivity contribution in [3.05, 3.63) is 0 Å². The van der Waals surface area contributed by atoms with Gasteiger partial charge in [-0.15, -0.1) is 0 Å². The maximum absolute atomic E-state index is 11.1. The van der Waals surface area contributed by atoms with Crippen LogP contribution in [0.3, 0.4) is 0 Å². The van der Waals surface area contributed by atoms with Crippen LogP contribution in [0.5, 0.6) is 0 Å². The van der Waals surface area contributed by atoms with Crippen molar-refractivity contribution >= 4 is 37.8 Å². The predicted molar refractivity (Wildman–Crippen MR) is 61.6 cm³/mol. The second-order valence-corrected chi connectivity index (χ2v) is 4.66. The van der Waals surface area contributed by atoms with Gasteiger partial charge >= 0.3 is 5.97 Å². The SMILES string of the molecule is CCOC(=O)C(Br)CCCCCBr. The summed E-state index contributed by atoms with van der Waals surface area (Å²) >= 11 is 6.68. The Morgan fingerprint density at radius 3 is 2.62 bits per heavy atom. The van der Waals surface area contributed by atoms with E-state index in [0.29, 0.717) is 6.61 Å². The van der Waals surface area contributed by atoms with Gasteiger partial charge in [-0.05, 0) is 19.8 Å². The van der Waals surface area contributed by atoms with Crippen LogP contribution in [-0.2, 0) is 9.53 Å². The molecule has 13 heavy (non-hydrogen) atoms. The van der Waals surface area contributed by atoms with Crippen LogP contribution in [0.2, 0.25) is 0 Å². The lowest BCUT2D eigenvalue weighted by Crippen LogP contribution is -2.17. The molecule has 0 heterocycles. The Labute approximate surface area is 96.7 Å². The second kappa shape index (κ2) is 9.00. The van der Waals surface area contributed by atoms with Crippen LogP contribution in [0.1, 0.15) is 32.6 Å². The van der Waals surface area contributed by atoms with Crippen LogP contribution in [-0.4, -0.2) is 22.7 Å². The van der Waals surface area contributed by atoms with Crippen LogP contribution < -0.4 is 0 Å². The maximum Gasteiger partial charge on any atom is 0.319 e. The van der Waals surface area contributed by atoms with Crippen LogP contribution in [0.25, 0.3) is 0 Å². The quantitative estimate of drug-likeness (QED) is 0.409. The van der Waals surface area contributed by atoms with E-state index < -0.39 is 0 Å². The van der Waals surface area contributed by atoms with Crippen molar-refractivity contribution in [1.29, 1.82) is 0 Å². The van der Waals surface area contributed by atoms with E-state index in [1.165, 1.54) is 6.42 Å². The van der Waals surface area contributed by atoms with Crippen LogP contribution in [0.4, 0.5) is 0 Å². The topological polar surface area (TPSA) is 26.3 Å². The highest BCUT2D eigenvalue weighted by Gasteiger charge is 2.14. The van der Waals surface area contributed by atoms with E-state index >= 15 is 0 Å². The van der Waals surface area contributed by atoms with Crippen molar-refractivity contribution in [3.8, 4) is 0 Å². The summed E-state index contributed by atoms with van der Waals surface area (Å²) in [6.45, 7) is 2.28. The molecule has 0 aliphatic heterocycles. The molecule has 0 radical (unpaired) electrons. The van der Waals surface area contributed by atoms with E-state index in [-0.39, 0.29) is 10.8 Å². The van der Waals surface area contributed by atoms with E-state index in [1.807, 2.05) is 6.92 Å². The zero-order valence-corrected chi connectivity index (χ0v) is 11.1. The zero-order chi connectivity index (χ0) is 10.1. The molecule has 0 saturated heterocycles. The zero-order valence-electron chi connectivity index (χ0n) is 7.89. The van der Waals surface area contributed by atoms with E-state index in [1.54, 1.807) is 0 Å². The third kappa shape index (κ3) is 7.50. The van der Waals surface area contributed by atoms with Gasteiger partial charge in [0.1, 0.15) is 4.83 Å². The molecule has 0 aromatic carbocycles. The van der Waals surface area contributed by atoms with E-state index in [2.05, 4.69) is 31.9 Å². The molecule has 0 fully saturated rings. The van der Waals surface area contributed by atoms with Crippen LogP contribution in [0, 0.1) is 0 Å². The van der Waals surface area contributed by atoms with Crippen molar-refractivity contribution in [2.45, 2.75) is 37.4 Å². The molecule has 2 nitrogen and oxygen atoms in total. The largest absolute Gasteiger partial charge is 0.465 e. The first-order valence-corrected chi connectivity index (χ1v) is 6.62. The molecule has 0 aliphatic carbocycles. The standard InChI is InChI=1S/C9H16Br2O2/c1-2-13-9(12)8(11)6-4-3-5-7-10/h8H,2-7H2,1H3. The number of halogens is 2. The molecule has 1 atom stereocenters. The molecule has 0 aromatic rings. The lowest BCUT2D eigenvalue weighted by atomic mass is 10.1. The summed E-state index contributed by atoms with van der Waals surface area (Å²) in [5, 5.41) is 1.04. The monoisotopic (exact) mass is 314 g/mol. The number of carbonyl (C=O) groups is 1. The lowest BCUT2D eigenvalue weighted by molar-refractivity contribution is -0.142. The summed E-state index contributed by atoms with van der Waals surface area (Å²) < 4.78 is 4.87. The van der Waals surface area contributed by atoms with Crippen molar-refractivity contribution in [3.63, 3.8) is 0 Å². The molecular weight excluding hydrogens is 300 g/mol. The number of unbranched alkanes of at least 4 members (excludes halogenated alkanes) is 2. The normalized spacial score (nSPS) is 12.5. The highest BCUT2D eigenvalue weighted by molar-refractivity contribution is 9.10. The molecule has 4 heteroatoms. The number of ether oxygens (including phenoxy) is 1. The Balaban J connectivity index is 3.38. The molecule has 0 amide bonds. The maximum atomic E-state index is 11.1. The Kier molecular flexibility index (Phi) is 9.30. The minimum atomic E-state index is -0.138. The van der Waals surface area contributed by atoms with E-state index in [0.717, 1.165) is 24.6 Å². The van der Waals surface area contributed by atoms with Gasteiger partial charge in [0.25, 0.3) is 0 Å². The van der Waals surface area contributed by atoms with Gasteiger partial charge in [0.15, 0.2) is 0 Å². The molecule has 1 unspecified atom stereocenters. The average molecular weight is 316 g/mol. The molecule has 0 N–H and O–H groups in total. The van der Waals surface area contributed by atoms with Gasteiger partial charge in [0.05, 0.1) is 6.61 Å². The third-order valence-electron chi connectivity index (χ3n) is 1.63. The fraction of sp³-hybridized carbons (Fsp3) is 0.889. The number of rotatable bonds is 7. The first-order chi connectivity index (χ1) is 6.22. The van der Waals surface area contributed by atoms with E-state index in [9.17, 15) is 4.79 Å². The lowest BCUT2D eigenvalue weighted by Gasteiger charge is -2.07. The van der Waals surface area contributed by atoms with Crippen LogP contribution in [0.15, 0.2) is 0 Å². The Bertz CT molecular complexity index is 140. The summed E-state index contributed by atoms with van der Waals surface area (Å²) in [5.41, 5.74) is 0. The van der Waals surface area contributed by atoms with Crippen LogP contribution >= 0.6 is 31.9 Å². The molecule has 0 spiro atoms. The Morgan fingerprint density at radius 1 is 1.38 bits per heavy atom. The highest BCUT2D eigenvalue weighted by atomic mass is 79.9. The van der Waals surface area contributed by atoms with Gasteiger partial charge in [-0.2, -0.15) is 0 Å². The van der Waals surface area contributed by atoms with Crippen molar-refractivity contribution in [2.75, 3.05) is 11.9 Å². The summed E-state index contributed by atoms with van der Waals surface area (Å²) in [5.74, 6) is -0.138. The van der Waals surface area contributed by atoms with Gasteiger partial charge in [0.2, 0.25) is 0 Å². The fourth-order valence-electron chi connectivity index (χ4n) is 0.945. The molecule has 0 aliphatic rings. The fourth-order valence-corrected chi connectivity index (χ4v) is 1.80. The smallest absolute Gasteiger partial charge is 0.319 e. The first kappa shape index (κ1) is 13.4. The number of esters is 1. The molecule has 0 aromatic heterocycles. The third-order valence-corrected chi connectivity index (χ3v) is 3.03. The molecule has 0 rings (SSSR count). The first-order valence-electron chi connectivity index (χ1n) is 4.59. The van der Waals surface area contributed by atoms with Crippen molar-refractivity contribution in [1.82, 2.24) is 0 Å². The van der Waals surface area contributed by atoms with Crippen molar-refractivity contribution < 1.29 is 9.53 Å². The van der Waals surface area contributed by atoms with Gasteiger partial charge in [-0.25, -0.2) is 0 Å². The summed E-state index contributed by atoms with van der Waals surface area (Å²) in [7, 11) is 0. The Morgan fingerprint density at radius 2 is 2.08 bits per heavy atom. The molecule has 78 valence electrons. The molecule has 0 bridgehead atoms. The van der Waals surface area contributed by atoms with E-state index in [4.69, 9.17) is 4.74 Å². The number of hydrogen-bond donors (Lipinski definition) is 0. The minimum absolute atomic E-state index is 0.122. The predicted octanol–water partition coefficient (Wildman–Crippen LogP) is 3.27. The van der Waals surface area contributed by atoms with Gasteiger partial charge < -0.3 is 4.74 Å². The Hall–Kier alpha value is 0.430. The number of alkyl halides is 2. The summed E-state index contributed by atoms with van der Waals surface area (Å²) in [6.07, 6.45) is 4.27. The van der Waals surface area contributed by atoms with Gasteiger partial charge in [-0.1, -0.05) is 44.7 Å². The minimum Gasteiger partial charge on any atom is -0.465 e. The second-order valence-electron chi connectivity index (χ2n) is 2.76. The molecule has 0 saturated carbocycles. The van der Waals surface area contributed by atoms with Gasteiger partial charge in [0, 0.05) is 5.33 Å². The average Bonchev–Trinajstić information content (AvgIpc) is 2.12. The summed E-state index contributed by atoms with van der Waals surface area (Å²) in [4.78, 5) is 11.0. The van der Waals surface area contributed by atoms with Gasteiger partial charge in [-0.3, -0.25) is 4.79 Å². The van der Waals surface area contributed by atoms with Crippen molar-refractivity contribution in [2.24, 2.45) is 0 Å².